The molecule has 1 aromatic rings. The zero-order valence-corrected chi connectivity index (χ0v) is 13.7. The quantitative estimate of drug-likeness (QED) is 0.792. The fourth-order valence-corrected chi connectivity index (χ4v) is 3.14. The van der Waals surface area contributed by atoms with E-state index in [0.717, 1.165) is 12.8 Å². The maximum atomic E-state index is 12.0. The van der Waals surface area contributed by atoms with E-state index in [0.29, 0.717) is 19.8 Å². The third kappa shape index (κ3) is 3.94. The van der Waals surface area contributed by atoms with E-state index in [1.165, 1.54) is 12.0 Å². The number of ether oxygens (including phenoxy) is 3. The molecule has 2 fully saturated rings. The van der Waals surface area contributed by atoms with Crippen LogP contribution in [0.15, 0.2) is 30.3 Å². The topological polar surface area (TPSA) is 73.9 Å². The van der Waals surface area contributed by atoms with Gasteiger partial charge in [0, 0.05) is 12.0 Å². The summed E-state index contributed by atoms with van der Waals surface area (Å²) in [5.74, 6) is -0.839. The van der Waals surface area contributed by atoms with Crippen LogP contribution in [0.4, 0.5) is 0 Å². The Labute approximate surface area is 141 Å². The average molecular weight is 333 g/mol. The van der Waals surface area contributed by atoms with Gasteiger partial charge in [-0.3, -0.25) is 4.79 Å². The maximum absolute atomic E-state index is 12.0. The van der Waals surface area contributed by atoms with E-state index < -0.39 is 12.1 Å². The summed E-state index contributed by atoms with van der Waals surface area (Å²) in [5.41, 5.74) is 1.27. The minimum atomic E-state index is -0.728. The van der Waals surface area contributed by atoms with Gasteiger partial charge in [0.25, 0.3) is 5.91 Å². The highest BCUT2D eigenvalue weighted by Crippen LogP contribution is 2.43. The van der Waals surface area contributed by atoms with E-state index in [2.05, 4.69) is 17.4 Å². The fourth-order valence-electron chi connectivity index (χ4n) is 3.14. The van der Waals surface area contributed by atoms with E-state index >= 15 is 0 Å². The second-order valence-corrected chi connectivity index (χ2v) is 6.32. The first-order chi connectivity index (χ1) is 11.7. The van der Waals surface area contributed by atoms with Crippen molar-refractivity contribution < 1.29 is 23.8 Å². The highest BCUT2D eigenvalue weighted by Gasteiger charge is 2.38. The molecular formula is C18H23NO5. The Morgan fingerprint density at radius 2 is 2.00 bits per heavy atom. The molecule has 1 saturated carbocycles. The van der Waals surface area contributed by atoms with Crippen LogP contribution in [0.1, 0.15) is 24.8 Å². The number of benzene rings is 1. The third-order valence-electron chi connectivity index (χ3n) is 4.75. The second kappa shape index (κ2) is 7.77. The van der Waals surface area contributed by atoms with Crippen LogP contribution in [-0.2, 0) is 29.2 Å². The molecule has 0 bridgehead atoms. The molecule has 6 nitrogen and oxygen atoms in total. The first-order valence-electron chi connectivity index (χ1n) is 8.38. The van der Waals surface area contributed by atoms with Crippen LogP contribution in [0.5, 0.6) is 0 Å². The largest absolute Gasteiger partial charge is 0.454 e. The van der Waals surface area contributed by atoms with Crippen LogP contribution >= 0.6 is 0 Å². The van der Waals surface area contributed by atoms with Crippen LogP contribution in [0.2, 0.25) is 0 Å². The van der Waals surface area contributed by atoms with Crippen molar-refractivity contribution in [1.82, 2.24) is 5.32 Å². The smallest absolute Gasteiger partial charge is 0.338 e. The Kier molecular flexibility index (Phi) is 5.48. The molecule has 0 aromatic heterocycles. The van der Waals surface area contributed by atoms with Gasteiger partial charge in [0.1, 0.15) is 0 Å². The highest BCUT2D eigenvalue weighted by molar-refractivity contribution is 5.82. The zero-order valence-electron chi connectivity index (χ0n) is 13.7. The van der Waals surface area contributed by atoms with Gasteiger partial charge in [0.15, 0.2) is 12.7 Å². The molecule has 0 spiro atoms. The van der Waals surface area contributed by atoms with Gasteiger partial charge in [-0.25, -0.2) is 4.79 Å². The molecule has 2 aliphatic rings. The van der Waals surface area contributed by atoms with Crippen molar-refractivity contribution in [3.63, 3.8) is 0 Å². The molecule has 1 N–H and O–H groups in total. The molecule has 1 aromatic carbocycles. The molecule has 1 atom stereocenters. The Hall–Kier alpha value is -1.92. The normalized spacial score (nSPS) is 22.2. The predicted molar refractivity (Wildman–Crippen MR) is 86.5 cm³/mol. The van der Waals surface area contributed by atoms with E-state index in [4.69, 9.17) is 14.2 Å². The van der Waals surface area contributed by atoms with E-state index in [1.54, 1.807) is 0 Å². The summed E-state index contributed by atoms with van der Waals surface area (Å²) in [6.45, 7) is 1.30. The lowest BCUT2D eigenvalue weighted by Gasteiger charge is -2.42. The Morgan fingerprint density at radius 1 is 1.21 bits per heavy atom. The van der Waals surface area contributed by atoms with Crippen molar-refractivity contribution in [2.75, 3.05) is 33.0 Å². The number of hydrogen-bond acceptors (Lipinski definition) is 5. The summed E-state index contributed by atoms with van der Waals surface area (Å²) < 4.78 is 15.4. The molecule has 1 unspecified atom stereocenters. The molecule has 1 aliphatic carbocycles. The van der Waals surface area contributed by atoms with Crippen molar-refractivity contribution in [3.05, 3.63) is 35.9 Å². The molecule has 1 saturated heterocycles. The minimum absolute atomic E-state index is 0.0151. The SMILES string of the molecule is O=C(COC(=O)C1COCCO1)NCC1(c2ccccc2)CCC1. The molecular weight excluding hydrogens is 310 g/mol. The van der Waals surface area contributed by atoms with Gasteiger partial charge in [0.05, 0.1) is 19.8 Å². The maximum Gasteiger partial charge on any atom is 0.338 e. The summed E-state index contributed by atoms with van der Waals surface area (Å²) >= 11 is 0. The zero-order chi connectivity index (χ0) is 16.8. The van der Waals surface area contributed by atoms with Crippen LogP contribution < -0.4 is 5.32 Å². The van der Waals surface area contributed by atoms with E-state index in [1.807, 2.05) is 18.2 Å². The fraction of sp³-hybridized carbons (Fsp3) is 0.556. The van der Waals surface area contributed by atoms with Gasteiger partial charge >= 0.3 is 5.97 Å². The summed E-state index contributed by atoms with van der Waals surface area (Å²) in [6, 6.07) is 10.2. The molecule has 0 radical (unpaired) electrons. The van der Waals surface area contributed by atoms with Gasteiger partial charge in [-0.2, -0.15) is 0 Å². The van der Waals surface area contributed by atoms with Crippen molar-refractivity contribution >= 4 is 11.9 Å². The number of rotatable bonds is 6. The van der Waals surface area contributed by atoms with Crippen LogP contribution in [0, 0.1) is 0 Å². The van der Waals surface area contributed by atoms with E-state index in [-0.39, 0.29) is 24.5 Å². The van der Waals surface area contributed by atoms with E-state index in [9.17, 15) is 9.59 Å². The minimum Gasteiger partial charge on any atom is -0.454 e. The van der Waals surface area contributed by atoms with Crippen molar-refractivity contribution in [2.45, 2.75) is 30.8 Å². The highest BCUT2D eigenvalue weighted by atomic mass is 16.6. The van der Waals surface area contributed by atoms with Crippen molar-refractivity contribution in [3.8, 4) is 0 Å². The standard InChI is InChI=1S/C18H23NO5/c20-16(12-24-17(21)15-11-22-9-10-23-15)19-13-18(7-4-8-18)14-5-2-1-3-6-14/h1-3,5-6,15H,4,7-13H2,(H,19,20). The second-order valence-electron chi connectivity index (χ2n) is 6.32. The third-order valence-corrected chi connectivity index (χ3v) is 4.75. The molecule has 3 rings (SSSR count). The number of nitrogens with one attached hydrogen (secondary N) is 1. The van der Waals surface area contributed by atoms with Gasteiger partial charge in [-0.05, 0) is 18.4 Å². The number of carbonyl (C=O) groups is 2. The number of carbonyl (C=O) groups excluding carboxylic acids is 2. The number of hydrogen-bond donors (Lipinski definition) is 1. The molecule has 1 heterocycles. The lowest BCUT2D eigenvalue weighted by Crippen LogP contribution is -2.46. The van der Waals surface area contributed by atoms with Crippen LogP contribution in [0.25, 0.3) is 0 Å². The average Bonchev–Trinajstić information content (AvgIpc) is 2.60. The van der Waals surface area contributed by atoms with Gasteiger partial charge in [0.2, 0.25) is 0 Å². The Balaban J connectivity index is 1.44. The monoisotopic (exact) mass is 333 g/mol. The van der Waals surface area contributed by atoms with Crippen LogP contribution in [-0.4, -0.2) is 51.0 Å². The molecule has 1 aliphatic heterocycles. The summed E-state index contributed by atoms with van der Waals surface area (Å²) in [5, 5.41) is 2.89. The molecule has 130 valence electrons. The Bertz CT molecular complexity index is 564. The molecule has 1 amide bonds. The molecule has 6 heteroatoms. The summed E-state index contributed by atoms with van der Waals surface area (Å²) in [4.78, 5) is 23.8. The van der Waals surface area contributed by atoms with Gasteiger partial charge in [-0.1, -0.05) is 36.8 Å². The predicted octanol–water partition coefficient (Wildman–Crippen LogP) is 1.18. The lowest BCUT2D eigenvalue weighted by molar-refractivity contribution is -0.172. The van der Waals surface area contributed by atoms with Crippen molar-refractivity contribution in [1.29, 1.82) is 0 Å². The summed E-state index contributed by atoms with van der Waals surface area (Å²) in [6.07, 6.45) is 2.56. The van der Waals surface area contributed by atoms with Crippen LogP contribution in [0.3, 0.4) is 0 Å². The summed E-state index contributed by atoms with van der Waals surface area (Å²) in [7, 11) is 0. The van der Waals surface area contributed by atoms with Gasteiger partial charge in [-0.15, -0.1) is 0 Å². The number of esters is 1. The lowest BCUT2D eigenvalue weighted by atomic mass is 9.64. The molecule has 24 heavy (non-hydrogen) atoms. The Morgan fingerprint density at radius 3 is 2.62 bits per heavy atom. The first kappa shape index (κ1) is 16.9. The first-order valence-corrected chi connectivity index (χ1v) is 8.38. The number of amides is 1. The van der Waals surface area contributed by atoms with Gasteiger partial charge < -0.3 is 19.5 Å². The van der Waals surface area contributed by atoms with Crippen molar-refractivity contribution in [2.24, 2.45) is 0 Å².